The summed E-state index contributed by atoms with van der Waals surface area (Å²) < 4.78 is 1.96. The summed E-state index contributed by atoms with van der Waals surface area (Å²) in [6, 6.07) is 11.6. The van der Waals surface area contributed by atoms with Crippen molar-refractivity contribution in [2.75, 3.05) is 5.43 Å². The third-order valence-corrected chi connectivity index (χ3v) is 4.57. The topological polar surface area (TPSA) is 68.0 Å². The van der Waals surface area contributed by atoms with Crippen LogP contribution in [0.5, 0.6) is 0 Å². The highest BCUT2D eigenvalue weighted by molar-refractivity contribution is 6.04. The molecule has 4 rings (SSSR count). The van der Waals surface area contributed by atoms with Gasteiger partial charge in [-0.25, -0.2) is 14.6 Å². The third-order valence-electron chi connectivity index (χ3n) is 4.57. The lowest BCUT2D eigenvalue weighted by atomic mass is 9.75. The van der Waals surface area contributed by atoms with E-state index in [0.717, 1.165) is 41.4 Å². The number of nitrogens with one attached hydrogen (secondary N) is 1. The van der Waals surface area contributed by atoms with Gasteiger partial charge in [-0.1, -0.05) is 26.0 Å². The third kappa shape index (κ3) is 3.10. The number of fused-ring (bicyclic) bond motifs is 1. The molecule has 0 amide bonds. The first-order chi connectivity index (χ1) is 12.5. The van der Waals surface area contributed by atoms with Gasteiger partial charge in [0.05, 0.1) is 17.1 Å². The zero-order valence-corrected chi connectivity index (χ0v) is 15.3. The fourth-order valence-electron chi connectivity index (χ4n) is 3.49. The van der Waals surface area contributed by atoms with E-state index in [2.05, 4.69) is 34.3 Å². The molecule has 1 aliphatic carbocycles. The summed E-state index contributed by atoms with van der Waals surface area (Å²) in [5.74, 6) is 1.58. The first kappa shape index (κ1) is 16.4. The van der Waals surface area contributed by atoms with Crippen LogP contribution in [0.25, 0.3) is 5.82 Å². The molecule has 3 aromatic rings. The van der Waals surface area contributed by atoms with E-state index in [1.165, 1.54) is 5.69 Å². The summed E-state index contributed by atoms with van der Waals surface area (Å²) in [4.78, 5) is 8.75. The van der Waals surface area contributed by atoms with Crippen LogP contribution in [0, 0.1) is 12.3 Å². The van der Waals surface area contributed by atoms with Gasteiger partial charge in [0.2, 0.25) is 0 Å². The molecular formula is C20H22N6. The van der Waals surface area contributed by atoms with E-state index in [1.807, 2.05) is 48.0 Å². The van der Waals surface area contributed by atoms with E-state index >= 15 is 0 Å². The van der Waals surface area contributed by atoms with Gasteiger partial charge in [-0.2, -0.15) is 10.2 Å². The molecule has 0 bridgehead atoms. The highest BCUT2D eigenvalue weighted by Gasteiger charge is 2.35. The molecular weight excluding hydrogens is 324 g/mol. The van der Waals surface area contributed by atoms with Crippen molar-refractivity contribution in [3.8, 4) is 5.82 Å². The Labute approximate surface area is 153 Å². The van der Waals surface area contributed by atoms with Crippen molar-refractivity contribution >= 4 is 11.5 Å². The molecule has 0 aromatic carbocycles. The Hall–Kier alpha value is -3.02. The summed E-state index contributed by atoms with van der Waals surface area (Å²) in [5, 5.41) is 9.45. The molecule has 6 nitrogen and oxygen atoms in total. The molecule has 3 heterocycles. The Morgan fingerprint density at radius 3 is 2.50 bits per heavy atom. The maximum Gasteiger partial charge on any atom is 0.153 e. The number of rotatable bonds is 3. The van der Waals surface area contributed by atoms with Crippen LogP contribution >= 0.6 is 0 Å². The Bertz CT molecular complexity index is 941. The van der Waals surface area contributed by atoms with E-state index in [-0.39, 0.29) is 5.41 Å². The van der Waals surface area contributed by atoms with Crippen molar-refractivity contribution in [1.29, 1.82) is 0 Å². The van der Waals surface area contributed by atoms with Gasteiger partial charge in [0.25, 0.3) is 0 Å². The lowest BCUT2D eigenvalue weighted by Gasteiger charge is -2.31. The Morgan fingerprint density at radius 2 is 1.81 bits per heavy atom. The highest BCUT2D eigenvalue weighted by atomic mass is 15.3. The Kier molecular flexibility index (Phi) is 4.03. The maximum atomic E-state index is 4.76. The number of nitrogens with zero attached hydrogens (tertiary/aromatic N) is 5. The largest absolute Gasteiger partial charge is 0.261 e. The molecule has 0 saturated heterocycles. The van der Waals surface area contributed by atoms with Crippen LogP contribution in [0.1, 0.15) is 37.2 Å². The van der Waals surface area contributed by atoms with Crippen molar-refractivity contribution in [2.45, 2.75) is 33.6 Å². The van der Waals surface area contributed by atoms with Gasteiger partial charge in [0.15, 0.2) is 5.82 Å². The number of hydrogen-bond acceptors (Lipinski definition) is 5. The quantitative estimate of drug-likeness (QED) is 0.733. The smallest absolute Gasteiger partial charge is 0.153 e. The minimum Gasteiger partial charge on any atom is -0.261 e. The average Bonchev–Trinajstić information content (AvgIpc) is 2.96. The van der Waals surface area contributed by atoms with Crippen LogP contribution < -0.4 is 5.43 Å². The second-order valence-corrected chi connectivity index (χ2v) is 7.41. The Balaban J connectivity index is 1.79. The molecule has 0 fully saturated rings. The number of hydrogen-bond donors (Lipinski definition) is 1. The first-order valence-corrected chi connectivity index (χ1v) is 8.77. The van der Waals surface area contributed by atoms with Crippen LogP contribution in [0.4, 0.5) is 5.82 Å². The van der Waals surface area contributed by atoms with Crippen LogP contribution in [0.2, 0.25) is 0 Å². The summed E-state index contributed by atoms with van der Waals surface area (Å²) in [7, 11) is 0. The van der Waals surface area contributed by atoms with Crippen molar-refractivity contribution in [2.24, 2.45) is 10.5 Å². The predicted molar refractivity (Wildman–Crippen MR) is 103 cm³/mol. The molecule has 0 atom stereocenters. The van der Waals surface area contributed by atoms with E-state index in [1.54, 1.807) is 12.4 Å². The van der Waals surface area contributed by atoms with Gasteiger partial charge in [-0.15, -0.1) is 0 Å². The number of anilines is 1. The van der Waals surface area contributed by atoms with Crippen molar-refractivity contribution in [3.63, 3.8) is 0 Å². The molecule has 0 unspecified atom stereocenters. The summed E-state index contributed by atoms with van der Waals surface area (Å²) in [5.41, 5.74) is 7.47. The second kappa shape index (κ2) is 6.37. The van der Waals surface area contributed by atoms with Crippen molar-refractivity contribution in [1.82, 2.24) is 19.7 Å². The lowest BCUT2D eigenvalue weighted by Crippen LogP contribution is -2.29. The molecule has 1 N–H and O–H groups in total. The highest BCUT2D eigenvalue weighted by Crippen LogP contribution is 2.37. The zero-order valence-electron chi connectivity index (χ0n) is 15.3. The van der Waals surface area contributed by atoms with E-state index in [9.17, 15) is 0 Å². The minimum atomic E-state index is 0.0939. The van der Waals surface area contributed by atoms with Gasteiger partial charge >= 0.3 is 0 Å². The minimum absolute atomic E-state index is 0.0939. The molecule has 1 aliphatic rings. The van der Waals surface area contributed by atoms with Crippen molar-refractivity contribution < 1.29 is 0 Å². The van der Waals surface area contributed by atoms with Crippen molar-refractivity contribution in [3.05, 3.63) is 65.7 Å². The van der Waals surface area contributed by atoms with Crippen LogP contribution in [-0.2, 0) is 6.42 Å². The number of aromatic nitrogens is 4. The van der Waals surface area contributed by atoms with Gasteiger partial charge in [-0.3, -0.25) is 5.43 Å². The summed E-state index contributed by atoms with van der Waals surface area (Å²) in [6.07, 6.45) is 5.37. The fourth-order valence-corrected chi connectivity index (χ4v) is 3.49. The van der Waals surface area contributed by atoms with Gasteiger partial charge in [0, 0.05) is 18.0 Å². The van der Waals surface area contributed by atoms with Gasteiger partial charge < -0.3 is 0 Å². The molecule has 132 valence electrons. The summed E-state index contributed by atoms with van der Waals surface area (Å²) in [6.45, 7) is 6.56. The van der Waals surface area contributed by atoms with E-state index < -0.39 is 0 Å². The zero-order chi connectivity index (χ0) is 18.1. The summed E-state index contributed by atoms with van der Waals surface area (Å²) >= 11 is 0. The molecule has 0 aliphatic heterocycles. The number of aryl methyl sites for hydroxylation is 1. The SMILES string of the molecule is Cc1nn(-c2ccccn2)c2c1/C(=N/Nc1ccccn1)CC(C)(C)C2. The van der Waals surface area contributed by atoms with E-state index in [4.69, 9.17) is 5.10 Å². The monoisotopic (exact) mass is 346 g/mol. The normalized spacial score (nSPS) is 17.1. The maximum absolute atomic E-state index is 4.76. The molecule has 6 heteroatoms. The standard InChI is InChI=1S/C20H22N6/c1-14-19-15(23-24-17-8-4-6-10-21-17)12-20(2,3)13-16(19)26(25-14)18-9-5-7-11-22-18/h4-11H,12-13H2,1-3H3,(H,21,24)/b23-15+. The number of pyridine rings is 2. The van der Waals surface area contributed by atoms with Crippen LogP contribution in [0.15, 0.2) is 53.9 Å². The van der Waals surface area contributed by atoms with Gasteiger partial charge in [0.1, 0.15) is 5.82 Å². The van der Waals surface area contributed by atoms with Gasteiger partial charge in [-0.05, 0) is 49.4 Å². The predicted octanol–water partition coefficient (Wildman–Crippen LogP) is 3.76. The molecule has 0 radical (unpaired) electrons. The van der Waals surface area contributed by atoms with Crippen LogP contribution in [-0.4, -0.2) is 25.5 Å². The average molecular weight is 346 g/mol. The second-order valence-electron chi connectivity index (χ2n) is 7.41. The number of hydrazone groups is 1. The first-order valence-electron chi connectivity index (χ1n) is 8.77. The van der Waals surface area contributed by atoms with Crippen LogP contribution in [0.3, 0.4) is 0 Å². The lowest BCUT2D eigenvalue weighted by molar-refractivity contribution is 0.364. The molecule has 3 aromatic heterocycles. The molecule has 0 saturated carbocycles. The fraction of sp³-hybridized carbons (Fsp3) is 0.300. The molecule has 26 heavy (non-hydrogen) atoms. The Morgan fingerprint density at radius 1 is 1.04 bits per heavy atom. The van der Waals surface area contributed by atoms with E-state index in [0.29, 0.717) is 0 Å². The molecule has 0 spiro atoms.